The van der Waals surface area contributed by atoms with Crippen LogP contribution in [-0.4, -0.2) is 42.8 Å². The van der Waals surface area contributed by atoms with E-state index in [1.807, 2.05) is 6.07 Å². The summed E-state index contributed by atoms with van der Waals surface area (Å²) in [6.07, 6.45) is 2.29. The molecule has 0 unspecified atom stereocenters. The van der Waals surface area contributed by atoms with Crippen LogP contribution in [0.2, 0.25) is 0 Å². The quantitative estimate of drug-likeness (QED) is 0.831. The summed E-state index contributed by atoms with van der Waals surface area (Å²) in [5.74, 6) is 0.499. The molecule has 0 atom stereocenters. The van der Waals surface area contributed by atoms with Crippen molar-refractivity contribution in [2.75, 3.05) is 32.8 Å². The van der Waals surface area contributed by atoms with Gasteiger partial charge in [0.1, 0.15) is 5.82 Å². The van der Waals surface area contributed by atoms with E-state index in [9.17, 15) is 4.39 Å². The van der Waals surface area contributed by atoms with Crippen LogP contribution >= 0.6 is 15.9 Å². The zero-order valence-electron chi connectivity index (χ0n) is 11.6. The number of halogens is 2. The maximum Gasteiger partial charge on any atom is 0.127 e. The predicted molar refractivity (Wildman–Crippen MR) is 82.1 cm³/mol. The molecule has 0 aliphatic carbocycles. The summed E-state index contributed by atoms with van der Waals surface area (Å²) >= 11 is 3.37. The number of likely N-dealkylation sites (tertiary alicyclic amines) is 1. The third kappa shape index (κ3) is 4.81. The van der Waals surface area contributed by atoms with Gasteiger partial charge in [-0.1, -0.05) is 15.9 Å². The fourth-order valence-electron chi connectivity index (χ4n) is 2.65. The highest BCUT2D eigenvalue weighted by atomic mass is 79.9. The van der Waals surface area contributed by atoms with Crippen LogP contribution in [0.1, 0.15) is 18.4 Å². The molecular formula is C15H22BrFN2O. The van der Waals surface area contributed by atoms with Gasteiger partial charge in [-0.15, -0.1) is 0 Å². The minimum atomic E-state index is -0.154. The van der Waals surface area contributed by atoms with Crippen molar-refractivity contribution in [2.24, 2.45) is 5.92 Å². The Balaban J connectivity index is 1.70. The maximum absolute atomic E-state index is 13.6. The van der Waals surface area contributed by atoms with Gasteiger partial charge in [0.15, 0.2) is 0 Å². The summed E-state index contributed by atoms with van der Waals surface area (Å²) in [5, 5.41) is 12.3. The highest BCUT2D eigenvalue weighted by Crippen LogP contribution is 2.17. The molecule has 0 aromatic heterocycles. The fourth-order valence-corrected chi connectivity index (χ4v) is 3.05. The Morgan fingerprint density at radius 2 is 2.10 bits per heavy atom. The number of β-amino-alcohol motifs (C(OH)–C–C–N with tert-alkyl or cyclic N) is 1. The van der Waals surface area contributed by atoms with Crippen molar-refractivity contribution in [2.45, 2.75) is 19.4 Å². The minimum absolute atomic E-state index is 0.154. The first-order valence-corrected chi connectivity index (χ1v) is 7.96. The van der Waals surface area contributed by atoms with Crippen LogP contribution in [0.5, 0.6) is 0 Å². The highest BCUT2D eigenvalue weighted by molar-refractivity contribution is 9.10. The standard InChI is InChI=1S/C15H22BrFN2O/c16-14-1-2-15(17)13(9-14)11-18-10-12-3-5-19(6-4-12)7-8-20/h1-2,9,12,18,20H,3-8,10-11H2. The zero-order valence-corrected chi connectivity index (χ0v) is 13.2. The van der Waals surface area contributed by atoms with Crippen molar-refractivity contribution in [3.8, 4) is 0 Å². The Hall–Kier alpha value is -0.490. The van der Waals surface area contributed by atoms with Gasteiger partial charge < -0.3 is 15.3 Å². The second-order valence-corrected chi connectivity index (χ2v) is 6.29. The summed E-state index contributed by atoms with van der Waals surface area (Å²) in [7, 11) is 0. The number of hydrogen-bond acceptors (Lipinski definition) is 3. The summed E-state index contributed by atoms with van der Waals surface area (Å²) < 4.78 is 14.5. The van der Waals surface area contributed by atoms with Gasteiger partial charge in [0.05, 0.1) is 6.61 Å². The van der Waals surface area contributed by atoms with E-state index in [1.54, 1.807) is 6.07 Å². The number of aliphatic hydroxyl groups is 1. The number of benzene rings is 1. The van der Waals surface area contributed by atoms with Crippen LogP contribution < -0.4 is 5.32 Å². The molecule has 1 saturated heterocycles. The number of hydrogen-bond donors (Lipinski definition) is 2. The fraction of sp³-hybridized carbons (Fsp3) is 0.600. The van der Waals surface area contributed by atoms with Crippen molar-refractivity contribution < 1.29 is 9.50 Å². The molecule has 112 valence electrons. The number of aliphatic hydroxyl groups excluding tert-OH is 1. The number of rotatable bonds is 6. The van der Waals surface area contributed by atoms with Crippen LogP contribution in [0, 0.1) is 11.7 Å². The molecule has 20 heavy (non-hydrogen) atoms. The van der Waals surface area contributed by atoms with Crippen LogP contribution in [-0.2, 0) is 6.54 Å². The molecule has 3 nitrogen and oxygen atoms in total. The summed E-state index contributed by atoms with van der Waals surface area (Å²) in [5.41, 5.74) is 0.706. The van der Waals surface area contributed by atoms with Gasteiger partial charge in [0.2, 0.25) is 0 Å². The molecule has 0 bridgehead atoms. The molecule has 1 aromatic rings. The van der Waals surface area contributed by atoms with Gasteiger partial charge in [-0.05, 0) is 56.6 Å². The maximum atomic E-state index is 13.6. The molecule has 0 saturated carbocycles. The van der Waals surface area contributed by atoms with E-state index >= 15 is 0 Å². The molecule has 0 spiro atoms. The second kappa shape index (κ2) is 8.08. The molecule has 0 amide bonds. The van der Waals surface area contributed by atoms with E-state index < -0.39 is 0 Å². The lowest BCUT2D eigenvalue weighted by Crippen LogP contribution is -2.38. The van der Waals surface area contributed by atoms with E-state index in [4.69, 9.17) is 5.11 Å². The average Bonchev–Trinajstić information content (AvgIpc) is 2.45. The Morgan fingerprint density at radius 1 is 1.35 bits per heavy atom. The average molecular weight is 345 g/mol. The van der Waals surface area contributed by atoms with E-state index in [-0.39, 0.29) is 12.4 Å². The molecule has 2 rings (SSSR count). The molecule has 1 heterocycles. The third-order valence-corrected chi connectivity index (χ3v) is 4.37. The van der Waals surface area contributed by atoms with Gasteiger partial charge in [-0.25, -0.2) is 4.39 Å². The van der Waals surface area contributed by atoms with E-state index in [0.717, 1.165) is 43.5 Å². The molecule has 1 aliphatic rings. The Bertz CT molecular complexity index is 422. The molecule has 1 fully saturated rings. The second-order valence-electron chi connectivity index (χ2n) is 5.38. The lowest BCUT2D eigenvalue weighted by molar-refractivity contribution is 0.146. The summed E-state index contributed by atoms with van der Waals surface area (Å²) in [4.78, 5) is 2.30. The third-order valence-electron chi connectivity index (χ3n) is 3.88. The van der Waals surface area contributed by atoms with Crippen LogP contribution in [0.15, 0.2) is 22.7 Å². The summed E-state index contributed by atoms with van der Waals surface area (Å²) in [6.45, 7) is 4.63. The lowest BCUT2D eigenvalue weighted by atomic mass is 9.97. The normalized spacial score (nSPS) is 17.6. The first-order valence-electron chi connectivity index (χ1n) is 7.17. The van der Waals surface area contributed by atoms with Crippen molar-refractivity contribution in [3.05, 3.63) is 34.1 Å². The van der Waals surface area contributed by atoms with Gasteiger partial charge in [-0.2, -0.15) is 0 Å². The summed E-state index contributed by atoms with van der Waals surface area (Å²) in [6, 6.07) is 5.04. The number of piperidine rings is 1. The SMILES string of the molecule is OCCN1CCC(CNCc2cc(Br)ccc2F)CC1. The van der Waals surface area contributed by atoms with Crippen molar-refractivity contribution in [1.29, 1.82) is 0 Å². The monoisotopic (exact) mass is 344 g/mol. The number of nitrogens with one attached hydrogen (secondary N) is 1. The van der Waals surface area contributed by atoms with Gasteiger partial charge in [0.25, 0.3) is 0 Å². The number of nitrogens with zero attached hydrogens (tertiary/aromatic N) is 1. The highest BCUT2D eigenvalue weighted by Gasteiger charge is 2.18. The smallest absolute Gasteiger partial charge is 0.127 e. The largest absolute Gasteiger partial charge is 0.395 e. The van der Waals surface area contributed by atoms with E-state index in [2.05, 4.69) is 26.1 Å². The topological polar surface area (TPSA) is 35.5 Å². The van der Waals surface area contributed by atoms with Crippen molar-refractivity contribution in [1.82, 2.24) is 10.2 Å². The van der Waals surface area contributed by atoms with Crippen LogP contribution in [0.4, 0.5) is 4.39 Å². The Kier molecular flexibility index (Phi) is 6.42. The van der Waals surface area contributed by atoms with Gasteiger partial charge in [-0.3, -0.25) is 0 Å². The Morgan fingerprint density at radius 3 is 2.80 bits per heavy atom. The van der Waals surface area contributed by atoms with Crippen molar-refractivity contribution in [3.63, 3.8) is 0 Å². The molecular weight excluding hydrogens is 323 g/mol. The van der Waals surface area contributed by atoms with Crippen LogP contribution in [0.3, 0.4) is 0 Å². The van der Waals surface area contributed by atoms with Crippen molar-refractivity contribution >= 4 is 15.9 Å². The minimum Gasteiger partial charge on any atom is -0.395 e. The van der Waals surface area contributed by atoms with E-state index in [0.29, 0.717) is 18.0 Å². The van der Waals surface area contributed by atoms with Gasteiger partial charge in [0, 0.05) is 23.1 Å². The molecule has 2 N–H and O–H groups in total. The molecule has 1 aliphatic heterocycles. The predicted octanol–water partition coefficient (Wildman–Crippen LogP) is 2.38. The Labute approximate surface area is 128 Å². The van der Waals surface area contributed by atoms with E-state index in [1.165, 1.54) is 6.07 Å². The molecule has 1 aromatic carbocycles. The zero-order chi connectivity index (χ0) is 14.4. The molecule has 5 heteroatoms. The van der Waals surface area contributed by atoms with Crippen LogP contribution in [0.25, 0.3) is 0 Å². The first-order chi connectivity index (χ1) is 9.69. The lowest BCUT2D eigenvalue weighted by Gasteiger charge is -2.31. The molecule has 0 radical (unpaired) electrons. The van der Waals surface area contributed by atoms with Gasteiger partial charge >= 0.3 is 0 Å². The first kappa shape index (κ1) is 15.9.